The number of halogens is 1. The zero-order valence-electron chi connectivity index (χ0n) is 22.6. The first-order valence-corrected chi connectivity index (χ1v) is 13.5. The number of rotatable bonds is 10. The smallest absolute Gasteiger partial charge is 0.327 e. The third kappa shape index (κ3) is 7.36. The lowest BCUT2D eigenvalue weighted by atomic mass is 10.1. The van der Waals surface area contributed by atoms with Crippen LogP contribution in [0.25, 0.3) is 11.3 Å². The number of thioether (sulfide) groups is 1. The molecule has 0 bridgehead atoms. The average molecular weight is 606 g/mol. The lowest BCUT2D eigenvalue weighted by Gasteiger charge is -2.16. The highest BCUT2D eigenvalue weighted by Gasteiger charge is 2.22. The molecular formula is C28H24ClN7O5S. The van der Waals surface area contributed by atoms with Crippen molar-refractivity contribution in [3.8, 4) is 34.6 Å². The fourth-order valence-corrected chi connectivity index (χ4v) is 4.44. The molecule has 0 fully saturated rings. The summed E-state index contributed by atoms with van der Waals surface area (Å²) < 4.78 is 16.4. The van der Waals surface area contributed by atoms with E-state index in [0.29, 0.717) is 39.3 Å². The zero-order valence-corrected chi connectivity index (χ0v) is 24.2. The van der Waals surface area contributed by atoms with Gasteiger partial charge in [-0.05, 0) is 48.5 Å². The summed E-state index contributed by atoms with van der Waals surface area (Å²) in [5.41, 5.74) is 1.47. The molecule has 12 nitrogen and oxygen atoms in total. The van der Waals surface area contributed by atoms with E-state index in [1.165, 1.54) is 27.5 Å². The van der Waals surface area contributed by atoms with Gasteiger partial charge in [0.15, 0.2) is 22.5 Å². The average Bonchev–Trinajstić information content (AvgIpc) is 3.00. The van der Waals surface area contributed by atoms with Gasteiger partial charge in [0.1, 0.15) is 17.5 Å². The van der Waals surface area contributed by atoms with Crippen molar-refractivity contribution in [2.75, 3.05) is 37.7 Å². The molecule has 2 aromatic carbocycles. The lowest BCUT2D eigenvalue weighted by molar-refractivity contribution is -0.117. The Morgan fingerprint density at radius 2 is 1.71 bits per heavy atom. The van der Waals surface area contributed by atoms with Crippen LogP contribution in [0.4, 0.5) is 22.1 Å². The van der Waals surface area contributed by atoms with Crippen LogP contribution in [0.1, 0.15) is 5.56 Å². The molecule has 0 spiro atoms. The number of pyridine rings is 1. The van der Waals surface area contributed by atoms with Gasteiger partial charge in [-0.15, -0.1) is 0 Å². The van der Waals surface area contributed by atoms with Gasteiger partial charge in [0.25, 0.3) is 0 Å². The van der Waals surface area contributed by atoms with Gasteiger partial charge in [0.2, 0.25) is 11.7 Å². The Kier molecular flexibility index (Phi) is 9.99. The highest BCUT2D eigenvalue weighted by molar-refractivity contribution is 7.99. The number of hydrogen-bond acceptors (Lipinski definition) is 11. The maximum Gasteiger partial charge on any atom is 0.327 e. The monoisotopic (exact) mass is 605 g/mol. The van der Waals surface area contributed by atoms with Crippen molar-refractivity contribution >= 4 is 52.6 Å². The molecule has 0 aliphatic rings. The third-order valence-electron chi connectivity index (χ3n) is 5.54. The van der Waals surface area contributed by atoms with Gasteiger partial charge < -0.3 is 19.5 Å². The van der Waals surface area contributed by atoms with E-state index in [1.807, 2.05) is 0 Å². The molecule has 0 atom stereocenters. The fraction of sp³-hybridized carbons (Fsp3) is 0.143. The summed E-state index contributed by atoms with van der Waals surface area (Å²) in [5.74, 6) is 0.765. The van der Waals surface area contributed by atoms with Crippen LogP contribution in [-0.2, 0) is 4.79 Å². The minimum Gasteiger partial charge on any atom is -0.493 e. The van der Waals surface area contributed by atoms with Gasteiger partial charge in [0, 0.05) is 22.5 Å². The SMILES string of the molecule is COc1cc(-c2nc(SCC(=O)NC(=O)Nc3ccccn3)nc(Nc3ccc(Cl)cc3)c2C#N)cc(OC)c1OC. The maximum absolute atomic E-state index is 12.5. The Bertz CT molecular complexity index is 1610. The minimum absolute atomic E-state index is 0.128. The number of hydrogen-bond donors (Lipinski definition) is 3. The Morgan fingerprint density at radius 1 is 1.00 bits per heavy atom. The molecule has 0 radical (unpaired) electrons. The van der Waals surface area contributed by atoms with Gasteiger partial charge in [-0.1, -0.05) is 29.4 Å². The summed E-state index contributed by atoms with van der Waals surface area (Å²) in [6, 6.07) is 16.6. The van der Waals surface area contributed by atoms with Crippen LogP contribution in [0.5, 0.6) is 17.2 Å². The Balaban J connectivity index is 1.67. The minimum atomic E-state index is -0.733. The van der Waals surface area contributed by atoms with E-state index in [4.69, 9.17) is 25.8 Å². The van der Waals surface area contributed by atoms with Crippen LogP contribution < -0.4 is 30.2 Å². The molecule has 3 N–H and O–H groups in total. The van der Waals surface area contributed by atoms with Crippen molar-refractivity contribution in [3.63, 3.8) is 0 Å². The van der Waals surface area contributed by atoms with Crippen molar-refractivity contribution in [1.29, 1.82) is 5.26 Å². The number of nitrogens with one attached hydrogen (secondary N) is 3. The van der Waals surface area contributed by atoms with Crippen LogP contribution in [0.15, 0.2) is 66.0 Å². The number of anilines is 3. The van der Waals surface area contributed by atoms with E-state index in [0.717, 1.165) is 11.8 Å². The van der Waals surface area contributed by atoms with Crippen LogP contribution in [0.3, 0.4) is 0 Å². The van der Waals surface area contributed by atoms with Crippen molar-refractivity contribution in [2.45, 2.75) is 5.16 Å². The largest absolute Gasteiger partial charge is 0.493 e. The molecule has 3 amide bonds. The van der Waals surface area contributed by atoms with Crippen LogP contribution in [-0.4, -0.2) is 54.0 Å². The molecule has 4 aromatic rings. The maximum atomic E-state index is 12.5. The summed E-state index contributed by atoms with van der Waals surface area (Å²) in [7, 11) is 4.43. The highest BCUT2D eigenvalue weighted by Crippen LogP contribution is 2.42. The second-order valence-electron chi connectivity index (χ2n) is 8.24. The number of imide groups is 1. The normalized spacial score (nSPS) is 10.3. The predicted molar refractivity (Wildman–Crippen MR) is 159 cm³/mol. The third-order valence-corrected chi connectivity index (χ3v) is 6.64. The van der Waals surface area contributed by atoms with E-state index in [9.17, 15) is 14.9 Å². The standard InChI is InChI=1S/C28H24ClN7O5S/c1-39-20-12-16(13-21(40-2)25(20)41-3)24-19(14-30)26(32-18-9-7-17(29)8-10-18)36-28(35-24)42-15-23(37)34-27(38)33-22-6-4-5-11-31-22/h4-13H,15H2,1-3H3,(H,32,35,36)(H2,31,33,34,37,38). The van der Waals surface area contributed by atoms with Gasteiger partial charge in [0.05, 0.1) is 32.8 Å². The number of carbonyl (C=O) groups is 2. The second kappa shape index (κ2) is 14.0. The molecule has 2 aromatic heterocycles. The van der Waals surface area contributed by atoms with Crippen LogP contribution in [0.2, 0.25) is 5.02 Å². The van der Waals surface area contributed by atoms with Gasteiger partial charge in [-0.2, -0.15) is 5.26 Å². The van der Waals surface area contributed by atoms with Crippen molar-refractivity contribution in [2.24, 2.45) is 0 Å². The number of ether oxygens (including phenoxy) is 3. The summed E-state index contributed by atoms with van der Waals surface area (Å²) in [4.78, 5) is 37.8. The number of carbonyl (C=O) groups excluding carboxylic acids is 2. The van der Waals surface area contributed by atoms with Gasteiger partial charge >= 0.3 is 6.03 Å². The van der Waals surface area contributed by atoms with Crippen molar-refractivity contribution < 1.29 is 23.8 Å². The molecule has 0 saturated heterocycles. The molecule has 0 aliphatic heterocycles. The molecule has 0 unspecified atom stereocenters. The predicted octanol–water partition coefficient (Wildman–Crippen LogP) is 5.27. The first-order chi connectivity index (χ1) is 20.3. The number of benzene rings is 2. The Morgan fingerprint density at radius 3 is 2.31 bits per heavy atom. The number of urea groups is 1. The summed E-state index contributed by atoms with van der Waals surface area (Å²) in [6.07, 6.45) is 1.51. The number of nitrogens with zero attached hydrogens (tertiary/aromatic N) is 4. The molecule has 14 heteroatoms. The quantitative estimate of drug-likeness (QED) is 0.159. The molecule has 42 heavy (non-hydrogen) atoms. The molecule has 0 aliphatic carbocycles. The first-order valence-electron chi connectivity index (χ1n) is 12.1. The molecule has 2 heterocycles. The van der Waals surface area contributed by atoms with E-state index in [2.05, 4.69) is 37.0 Å². The van der Waals surface area contributed by atoms with Crippen LogP contribution in [0, 0.1) is 11.3 Å². The topological polar surface area (TPSA) is 160 Å². The van der Waals surface area contributed by atoms with E-state index in [1.54, 1.807) is 54.6 Å². The zero-order chi connectivity index (χ0) is 30.1. The van der Waals surface area contributed by atoms with E-state index < -0.39 is 11.9 Å². The van der Waals surface area contributed by atoms with Crippen molar-refractivity contribution in [1.82, 2.24) is 20.3 Å². The number of aromatic nitrogens is 3. The second-order valence-corrected chi connectivity index (χ2v) is 9.62. The van der Waals surface area contributed by atoms with Crippen molar-refractivity contribution in [3.05, 3.63) is 71.4 Å². The molecule has 214 valence electrons. The van der Waals surface area contributed by atoms with E-state index in [-0.39, 0.29) is 28.0 Å². The number of amides is 3. The number of nitriles is 1. The summed E-state index contributed by atoms with van der Waals surface area (Å²) >= 11 is 7.00. The Hall–Kier alpha value is -5.06. The highest BCUT2D eigenvalue weighted by atomic mass is 35.5. The molecular weight excluding hydrogens is 582 g/mol. The summed E-state index contributed by atoms with van der Waals surface area (Å²) in [5, 5.41) is 18.7. The van der Waals surface area contributed by atoms with E-state index >= 15 is 0 Å². The fourth-order valence-electron chi connectivity index (χ4n) is 3.67. The number of methoxy groups -OCH3 is 3. The van der Waals surface area contributed by atoms with Crippen LogP contribution >= 0.6 is 23.4 Å². The van der Waals surface area contributed by atoms with Gasteiger partial charge in [-0.3, -0.25) is 15.4 Å². The molecule has 0 saturated carbocycles. The Labute approximate surface area is 250 Å². The summed E-state index contributed by atoms with van der Waals surface area (Å²) in [6.45, 7) is 0. The van der Waals surface area contributed by atoms with Gasteiger partial charge in [-0.25, -0.2) is 19.7 Å². The lowest BCUT2D eigenvalue weighted by Crippen LogP contribution is -2.35. The first kappa shape index (κ1) is 29.9. The molecule has 4 rings (SSSR count).